The van der Waals surface area contributed by atoms with Crippen molar-refractivity contribution in [2.75, 3.05) is 34.4 Å². The van der Waals surface area contributed by atoms with Crippen molar-refractivity contribution in [1.29, 1.82) is 0 Å². The number of nitrogens with zero attached hydrogens (tertiary/aromatic N) is 2. The lowest BCUT2D eigenvalue weighted by atomic mass is 10.0. The fourth-order valence-electron chi connectivity index (χ4n) is 3.10. The molecule has 1 aliphatic heterocycles. The molecule has 0 unspecified atom stereocenters. The molecule has 1 aromatic carbocycles. The third kappa shape index (κ3) is 4.75. The number of carbonyl (C=O) groups excluding carboxylic acids is 2. The summed E-state index contributed by atoms with van der Waals surface area (Å²) in [5.74, 6) is 0.831. The molecule has 2 amide bonds. The van der Waals surface area contributed by atoms with E-state index >= 15 is 0 Å². The summed E-state index contributed by atoms with van der Waals surface area (Å²) in [6, 6.07) is 9.30. The zero-order valence-corrected chi connectivity index (χ0v) is 17.4. The molecular weight excluding hydrogens is 392 g/mol. The molecule has 1 atom stereocenters. The molecule has 2 N–H and O–H groups in total. The van der Waals surface area contributed by atoms with Gasteiger partial charge < -0.3 is 14.8 Å². The molecule has 2 aromatic rings. The fourth-order valence-corrected chi connectivity index (χ4v) is 3.82. The number of benzene rings is 1. The van der Waals surface area contributed by atoms with Crippen LogP contribution in [0.5, 0.6) is 11.5 Å². The van der Waals surface area contributed by atoms with Crippen molar-refractivity contribution < 1.29 is 19.1 Å². The molecule has 2 heterocycles. The van der Waals surface area contributed by atoms with Crippen molar-refractivity contribution >= 4 is 28.9 Å². The van der Waals surface area contributed by atoms with Gasteiger partial charge >= 0.3 is 0 Å². The average molecular weight is 417 g/mol. The van der Waals surface area contributed by atoms with Gasteiger partial charge in [-0.3, -0.25) is 14.9 Å². The van der Waals surface area contributed by atoms with E-state index in [1.807, 2.05) is 35.7 Å². The number of carbonyl (C=O) groups is 2. The minimum Gasteiger partial charge on any atom is -0.493 e. The second-order valence-corrected chi connectivity index (χ2v) is 7.32. The van der Waals surface area contributed by atoms with Crippen LogP contribution in [0, 0.1) is 0 Å². The van der Waals surface area contributed by atoms with Crippen molar-refractivity contribution in [3.8, 4) is 11.5 Å². The summed E-state index contributed by atoms with van der Waals surface area (Å²) < 4.78 is 10.7. The summed E-state index contributed by atoms with van der Waals surface area (Å²) in [6.07, 6.45) is 0.594. The van der Waals surface area contributed by atoms with Crippen LogP contribution in [-0.4, -0.2) is 56.9 Å². The number of rotatable bonds is 8. The summed E-state index contributed by atoms with van der Waals surface area (Å²) in [6.45, 7) is 0.0804. The predicted molar refractivity (Wildman–Crippen MR) is 112 cm³/mol. The first-order valence-corrected chi connectivity index (χ1v) is 10.0. The quantitative estimate of drug-likeness (QED) is 0.684. The number of thiophene rings is 1. The van der Waals surface area contributed by atoms with E-state index in [0.717, 1.165) is 16.2 Å². The number of hydrazone groups is 1. The fraction of sp³-hybridized carbons (Fsp3) is 0.350. The molecule has 154 valence electrons. The van der Waals surface area contributed by atoms with Crippen LogP contribution >= 0.6 is 11.3 Å². The molecule has 0 saturated carbocycles. The summed E-state index contributed by atoms with van der Waals surface area (Å²) >= 11 is 1.59. The van der Waals surface area contributed by atoms with Gasteiger partial charge in [0.25, 0.3) is 5.91 Å². The van der Waals surface area contributed by atoms with E-state index in [2.05, 4.69) is 15.7 Å². The highest BCUT2D eigenvalue weighted by Crippen LogP contribution is 2.37. The molecular formula is C20H24N4O4S. The van der Waals surface area contributed by atoms with Gasteiger partial charge in [0, 0.05) is 13.5 Å². The Balaban J connectivity index is 1.84. The number of amides is 2. The van der Waals surface area contributed by atoms with Crippen LogP contribution in [0.2, 0.25) is 0 Å². The molecule has 3 rings (SSSR count). The molecule has 9 heteroatoms. The van der Waals surface area contributed by atoms with Gasteiger partial charge in [0.1, 0.15) is 0 Å². The van der Waals surface area contributed by atoms with Crippen LogP contribution in [0.1, 0.15) is 22.9 Å². The number of ether oxygens (including phenoxy) is 2. The van der Waals surface area contributed by atoms with Crippen LogP contribution in [0.15, 0.2) is 40.8 Å². The molecule has 0 aliphatic carbocycles. The first-order chi connectivity index (χ1) is 14.1. The molecule has 8 nitrogen and oxygen atoms in total. The van der Waals surface area contributed by atoms with Crippen LogP contribution in [0.4, 0.5) is 0 Å². The number of likely N-dealkylation sites (N-methyl/N-ethyl adjacent to an activating group) is 1. The number of nitrogens with one attached hydrogen (secondary N) is 2. The zero-order valence-electron chi connectivity index (χ0n) is 16.6. The molecule has 0 fully saturated rings. The Labute approximate surface area is 173 Å². The van der Waals surface area contributed by atoms with Crippen LogP contribution in [0.25, 0.3) is 0 Å². The molecule has 29 heavy (non-hydrogen) atoms. The van der Waals surface area contributed by atoms with E-state index in [-0.39, 0.29) is 30.9 Å². The number of hydrogen-bond acceptors (Lipinski definition) is 7. The lowest BCUT2D eigenvalue weighted by molar-refractivity contribution is -0.132. The van der Waals surface area contributed by atoms with Gasteiger partial charge in [0.15, 0.2) is 11.5 Å². The van der Waals surface area contributed by atoms with E-state index in [4.69, 9.17) is 9.47 Å². The van der Waals surface area contributed by atoms with Crippen molar-refractivity contribution in [2.24, 2.45) is 5.10 Å². The molecule has 0 spiro atoms. The van der Waals surface area contributed by atoms with Crippen molar-refractivity contribution in [1.82, 2.24) is 15.6 Å². The largest absolute Gasteiger partial charge is 0.493 e. The monoisotopic (exact) mass is 416 g/mol. The van der Waals surface area contributed by atoms with E-state index in [1.165, 1.54) is 5.01 Å². The Morgan fingerprint density at radius 1 is 1.21 bits per heavy atom. The minimum atomic E-state index is -0.263. The smallest absolute Gasteiger partial charge is 0.257 e. The van der Waals surface area contributed by atoms with E-state index in [9.17, 15) is 9.59 Å². The standard InChI is InChI=1S/C20H24N4O4S/c1-21-19(25)11-22-12-20(26)24-15(10-14(23-24)18-5-4-8-29-18)13-6-7-16(27-2)17(9-13)28-3/h4-9,15,22H,10-12H2,1-3H3,(H,21,25)/t15-/m0/s1. The Hall–Kier alpha value is -2.91. The zero-order chi connectivity index (χ0) is 20.8. The molecule has 0 saturated heterocycles. The van der Waals surface area contributed by atoms with Crippen molar-refractivity contribution in [3.63, 3.8) is 0 Å². The lowest BCUT2D eigenvalue weighted by Crippen LogP contribution is -2.39. The Morgan fingerprint density at radius 2 is 2.00 bits per heavy atom. The van der Waals surface area contributed by atoms with E-state index in [1.54, 1.807) is 32.6 Å². The number of methoxy groups -OCH3 is 2. The molecule has 0 bridgehead atoms. The van der Waals surface area contributed by atoms with Crippen LogP contribution < -0.4 is 20.1 Å². The van der Waals surface area contributed by atoms with E-state index < -0.39 is 0 Å². The Kier molecular flexibility index (Phi) is 6.84. The summed E-state index contributed by atoms with van der Waals surface area (Å²) in [5, 5.41) is 13.5. The molecule has 1 aromatic heterocycles. The topological polar surface area (TPSA) is 92.3 Å². The highest BCUT2D eigenvalue weighted by atomic mass is 32.1. The van der Waals surface area contributed by atoms with Gasteiger partial charge in [-0.05, 0) is 29.1 Å². The molecule has 1 aliphatic rings. The lowest BCUT2D eigenvalue weighted by Gasteiger charge is -2.23. The Morgan fingerprint density at radius 3 is 2.66 bits per heavy atom. The van der Waals surface area contributed by atoms with Gasteiger partial charge in [-0.25, -0.2) is 5.01 Å². The summed E-state index contributed by atoms with van der Waals surface area (Å²) in [5.41, 5.74) is 1.76. The SMILES string of the molecule is CNC(=O)CNCC(=O)N1N=C(c2cccs2)C[C@H]1c1ccc(OC)c(OC)c1. The average Bonchev–Trinajstić information content (AvgIpc) is 3.42. The van der Waals surface area contributed by atoms with Crippen LogP contribution in [0.3, 0.4) is 0 Å². The first kappa shape index (κ1) is 20.8. The maximum absolute atomic E-state index is 12.9. The second kappa shape index (κ2) is 9.53. The minimum absolute atomic E-state index is 0.0123. The Bertz CT molecular complexity index is 898. The summed E-state index contributed by atoms with van der Waals surface area (Å²) in [4.78, 5) is 25.3. The third-order valence-electron chi connectivity index (χ3n) is 4.60. The highest BCUT2D eigenvalue weighted by Gasteiger charge is 2.33. The second-order valence-electron chi connectivity index (χ2n) is 6.37. The van der Waals surface area contributed by atoms with Crippen LogP contribution in [-0.2, 0) is 9.59 Å². The van der Waals surface area contributed by atoms with Gasteiger partial charge in [0.05, 0.1) is 43.9 Å². The molecule has 0 radical (unpaired) electrons. The maximum Gasteiger partial charge on any atom is 0.257 e. The van der Waals surface area contributed by atoms with Gasteiger partial charge in [-0.2, -0.15) is 5.10 Å². The highest BCUT2D eigenvalue weighted by molar-refractivity contribution is 7.12. The van der Waals surface area contributed by atoms with Crippen molar-refractivity contribution in [2.45, 2.75) is 12.5 Å². The first-order valence-electron chi connectivity index (χ1n) is 9.14. The maximum atomic E-state index is 12.9. The van der Waals surface area contributed by atoms with Gasteiger partial charge in [0.2, 0.25) is 5.91 Å². The van der Waals surface area contributed by atoms with Gasteiger partial charge in [-0.15, -0.1) is 11.3 Å². The van der Waals surface area contributed by atoms with Gasteiger partial charge in [-0.1, -0.05) is 12.1 Å². The van der Waals surface area contributed by atoms with E-state index in [0.29, 0.717) is 17.9 Å². The van der Waals surface area contributed by atoms with Crippen molar-refractivity contribution in [3.05, 3.63) is 46.2 Å². The number of hydrogen-bond donors (Lipinski definition) is 2. The predicted octanol–water partition coefficient (Wildman–Crippen LogP) is 1.78. The normalized spacial score (nSPS) is 15.8. The summed E-state index contributed by atoms with van der Waals surface area (Å²) in [7, 11) is 4.71. The third-order valence-corrected chi connectivity index (χ3v) is 5.52.